The van der Waals surface area contributed by atoms with Crippen molar-refractivity contribution in [3.8, 4) is 11.5 Å². The van der Waals surface area contributed by atoms with Crippen molar-refractivity contribution >= 4 is 50.7 Å². The Kier molecular flexibility index (Phi) is 5.21. The van der Waals surface area contributed by atoms with Crippen LogP contribution in [-0.2, 0) is 0 Å². The molecule has 0 aliphatic rings. The van der Waals surface area contributed by atoms with Crippen LogP contribution in [0.3, 0.4) is 0 Å². The predicted octanol–water partition coefficient (Wildman–Crippen LogP) is 6.25. The zero-order chi connectivity index (χ0) is 14.9. The molecule has 0 aliphatic heterocycles. The summed E-state index contributed by atoms with van der Waals surface area (Å²) >= 11 is 21.2. The largest absolute Gasteiger partial charge is 0.456 e. The standard InChI is InChI=1S/C14H10BrCl3O2/c1-7(19)9-3-2-8(4-10(9)15)20-14-6-12(17)11(16)5-13(14)18/h2-7,19H,1H3/t7-/m0/s1. The molecule has 106 valence electrons. The van der Waals surface area contributed by atoms with Gasteiger partial charge in [0.1, 0.15) is 11.5 Å². The molecular formula is C14H10BrCl3O2. The molecule has 6 heteroatoms. The Hall–Kier alpha value is -0.450. The molecule has 0 unspecified atom stereocenters. The fourth-order valence-corrected chi connectivity index (χ4v) is 2.88. The molecule has 0 aromatic heterocycles. The van der Waals surface area contributed by atoms with Gasteiger partial charge in [-0.15, -0.1) is 0 Å². The van der Waals surface area contributed by atoms with E-state index >= 15 is 0 Å². The minimum Gasteiger partial charge on any atom is -0.456 e. The van der Waals surface area contributed by atoms with Gasteiger partial charge in [0.2, 0.25) is 0 Å². The Morgan fingerprint density at radius 1 is 1.05 bits per heavy atom. The molecule has 2 aromatic rings. The smallest absolute Gasteiger partial charge is 0.147 e. The van der Waals surface area contributed by atoms with Crippen molar-refractivity contribution < 1.29 is 9.84 Å². The second-order valence-corrected chi connectivity index (χ2v) is 6.23. The van der Waals surface area contributed by atoms with Crippen molar-refractivity contribution in [1.29, 1.82) is 0 Å². The second kappa shape index (κ2) is 6.54. The molecule has 0 saturated carbocycles. The molecule has 0 fully saturated rings. The van der Waals surface area contributed by atoms with Crippen molar-refractivity contribution in [2.75, 3.05) is 0 Å². The van der Waals surface area contributed by atoms with Crippen LogP contribution in [0.2, 0.25) is 15.1 Å². The van der Waals surface area contributed by atoms with Crippen LogP contribution >= 0.6 is 50.7 Å². The van der Waals surface area contributed by atoms with Crippen molar-refractivity contribution in [3.63, 3.8) is 0 Å². The Morgan fingerprint density at radius 2 is 1.70 bits per heavy atom. The molecule has 20 heavy (non-hydrogen) atoms. The van der Waals surface area contributed by atoms with Gasteiger partial charge in [0.05, 0.1) is 21.2 Å². The first kappa shape index (κ1) is 15.9. The van der Waals surface area contributed by atoms with Gasteiger partial charge in [-0.2, -0.15) is 0 Å². The molecule has 0 saturated heterocycles. The van der Waals surface area contributed by atoms with Gasteiger partial charge in [-0.05, 0) is 30.7 Å². The highest BCUT2D eigenvalue weighted by molar-refractivity contribution is 9.10. The minimum absolute atomic E-state index is 0.366. The molecule has 0 amide bonds. The third-order valence-corrected chi connectivity index (χ3v) is 4.33. The average Bonchev–Trinajstić information content (AvgIpc) is 2.35. The maximum atomic E-state index is 9.57. The summed E-state index contributed by atoms with van der Waals surface area (Å²) in [7, 11) is 0. The highest BCUT2D eigenvalue weighted by Crippen LogP contribution is 2.37. The summed E-state index contributed by atoms with van der Waals surface area (Å²) in [6, 6.07) is 8.35. The van der Waals surface area contributed by atoms with E-state index in [0.29, 0.717) is 26.6 Å². The summed E-state index contributed by atoms with van der Waals surface area (Å²) in [4.78, 5) is 0. The predicted molar refractivity (Wildman–Crippen MR) is 86.3 cm³/mol. The molecular weight excluding hydrogens is 386 g/mol. The lowest BCUT2D eigenvalue weighted by molar-refractivity contribution is 0.198. The summed E-state index contributed by atoms with van der Waals surface area (Å²) in [5.74, 6) is 0.985. The molecule has 2 nitrogen and oxygen atoms in total. The van der Waals surface area contributed by atoms with Crippen molar-refractivity contribution in [1.82, 2.24) is 0 Å². The van der Waals surface area contributed by atoms with Crippen LogP contribution in [0.15, 0.2) is 34.8 Å². The molecule has 0 heterocycles. The van der Waals surface area contributed by atoms with E-state index in [2.05, 4.69) is 15.9 Å². The fraction of sp³-hybridized carbons (Fsp3) is 0.143. The number of rotatable bonds is 3. The van der Waals surface area contributed by atoms with Crippen molar-refractivity contribution in [3.05, 3.63) is 55.4 Å². The van der Waals surface area contributed by atoms with E-state index < -0.39 is 6.10 Å². The zero-order valence-electron chi connectivity index (χ0n) is 10.3. The van der Waals surface area contributed by atoms with Gasteiger partial charge in [0, 0.05) is 10.5 Å². The van der Waals surface area contributed by atoms with E-state index in [0.717, 1.165) is 10.0 Å². The maximum Gasteiger partial charge on any atom is 0.147 e. The maximum absolute atomic E-state index is 9.57. The normalized spacial score (nSPS) is 12.3. The molecule has 0 aliphatic carbocycles. The summed E-state index contributed by atoms with van der Waals surface area (Å²) in [5.41, 5.74) is 0.776. The number of aliphatic hydroxyl groups is 1. The Bertz CT molecular complexity index is 645. The fourth-order valence-electron chi connectivity index (χ4n) is 1.62. The van der Waals surface area contributed by atoms with Crippen molar-refractivity contribution in [2.45, 2.75) is 13.0 Å². The highest BCUT2D eigenvalue weighted by atomic mass is 79.9. The number of ether oxygens (including phenoxy) is 1. The Labute approximate surface area is 140 Å². The summed E-state index contributed by atoms with van der Waals surface area (Å²) in [5, 5.41) is 10.7. The van der Waals surface area contributed by atoms with Crippen LogP contribution in [-0.4, -0.2) is 5.11 Å². The summed E-state index contributed by atoms with van der Waals surface area (Å²) in [6.07, 6.45) is -0.563. The number of halogens is 4. The monoisotopic (exact) mass is 394 g/mol. The lowest BCUT2D eigenvalue weighted by atomic mass is 10.1. The van der Waals surface area contributed by atoms with Gasteiger partial charge in [0.25, 0.3) is 0 Å². The topological polar surface area (TPSA) is 29.5 Å². The second-order valence-electron chi connectivity index (χ2n) is 4.16. The van der Waals surface area contributed by atoms with Crippen LogP contribution in [0, 0.1) is 0 Å². The van der Waals surface area contributed by atoms with Crippen LogP contribution in [0.4, 0.5) is 0 Å². The quantitative estimate of drug-likeness (QED) is 0.621. The van der Waals surface area contributed by atoms with E-state index in [9.17, 15) is 5.11 Å². The zero-order valence-corrected chi connectivity index (χ0v) is 14.2. The van der Waals surface area contributed by atoms with Crippen LogP contribution < -0.4 is 4.74 Å². The van der Waals surface area contributed by atoms with E-state index in [-0.39, 0.29) is 0 Å². The van der Waals surface area contributed by atoms with Gasteiger partial charge >= 0.3 is 0 Å². The average molecular weight is 396 g/mol. The first-order chi connectivity index (χ1) is 9.38. The number of hydrogen-bond acceptors (Lipinski definition) is 2. The van der Waals surface area contributed by atoms with Crippen molar-refractivity contribution in [2.24, 2.45) is 0 Å². The van der Waals surface area contributed by atoms with Crippen LogP contribution in [0.25, 0.3) is 0 Å². The number of benzene rings is 2. The van der Waals surface area contributed by atoms with Crippen LogP contribution in [0.5, 0.6) is 11.5 Å². The van der Waals surface area contributed by atoms with Gasteiger partial charge in [-0.1, -0.05) is 56.8 Å². The van der Waals surface area contributed by atoms with Gasteiger partial charge in [-0.25, -0.2) is 0 Å². The molecule has 0 bridgehead atoms. The van der Waals surface area contributed by atoms with Gasteiger partial charge < -0.3 is 9.84 Å². The Balaban J connectivity index is 2.31. The highest BCUT2D eigenvalue weighted by Gasteiger charge is 2.11. The molecule has 1 atom stereocenters. The molecule has 0 spiro atoms. The third kappa shape index (κ3) is 3.60. The van der Waals surface area contributed by atoms with Gasteiger partial charge in [0.15, 0.2) is 0 Å². The molecule has 2 aromatic carbocycles. The summed E-state index contributed by atoms with van der Waals surface area (Å²) < 4.78 is 6.42. The summed E-state index contributed by atoms with van der Waals surface area (Å²) in [6.45, 7) is 1.69. The minimum atomic E-state index is -0.563. The van der Waals surface area contributed by atoms with E-state index in [1.165, 1.54) is 6.07 Å². The van der Waals surface area contributed by atoms with Crippen LogP contribution in [0.1, 0.15) is 18.6 Å². The lowest BCUT2D eigenvalue weighted by Gasteiger charge is -2.12. The lowest BCUT2D eigenvalue weighted by Crippen LogP contribution is -1.93. The Morgan fingerprint density at radius 3 is 2.30 bits per heavy atom. The number of hydrogen-bond donors (Lipinski definition) is 1. The van der Waals surface area contributed by atoms with E-state index in [1.54, 1.807) is 31.2 Å². The van der Waals surface area contributed by atoms with E-state index in [1.807, 2.05) is 0 Å². The third-order valence-electron chi connectivity index (χ3n) is 2.62. The molecule has 1 N–H and O–H groups in total. The first-order valence-corrected chi connectivity index (χ1v) is 7.61. The molecule has 0 radical (unpaired) electrons. The van der Waals surface area contributed by atoms with Gasteiger partial charge in [-0.3, -0.25) is 0 Å². The SMILES string of the molecule is C[C@H](O)c1ccc(Oc2cc(Cl)c(Cl)cc2Cl)cc1Br. The number of aliphatic hydroxyl groups excluding tert-OH is 1. The molecule has 2 rings (SSSR count). The first-order valence-electron chi connectivity index (χ1n) is 5.68. The van der Waals surface area contributed by atoms with E-state index in [4.69, 9.17) is 39.5 Å².